The molecule has 0 aliphatic heterocycles. The lowest BCUT2D eigenvalue weighted by atomic mass is 9.90. The molecule has 1 N–H and O–H groups in total. The summed E-state index contributed by atoms with van der Waals surface area (Å²) in [7, 11) is 1.87. The molecule has 4 nitrogen and oxygen atoms in total. The van der Waals surface area contributed by atoms with Gasteiger partial charge in [-0.2, -0.15) is 0 Å². The van der Waals surface area contributed by atoms with Gasteiger partial charge in [0, 0.05) is 29.8 Å². The largest absolute Gasteiger partial charge is 0.327 e. The maximum atomic E-state index is 12.4. The molecule has 3 rings (SSSR count). The molecule has 0 unspecified atom stereocenters. The van der Waals surface area contributed by atoms with E-state index in [0.29, 0.717) is 5.92 Å². The number of carbonyl (C=O) groups excluding carboxylic acids is 1. The maximum absolute atomic E-state index is 12.4. The van der Waals surface area contributed by atoms with Crippen molar-refractivity contribution in [3.05, 3.63) is 31.9 Å². The fraction of sp³-hybridized carbons (Fsp3) is 0.500. The summed E-state index contributed by atoms with van der Waals surface area (Å²) in [6.07, 6.45) is 3.45. The minimum absolute atomic E-state index is 0.0411. The highest BCUT2D eigenvalue weighted by molar-refractivity contribution is 7.11. The predicted octanol–water partition coefficient (Wildman–Crippen LogP) is 4.41. The molecule has 22 heavy (non-hydrogen) atoms. The van der Waals surface area contributed by atoms with Crippen LogP contribution in [-0.4, -0.2) is 29.5 Å². The Kier molecular flexibility index (Phi) is 4.49. The molecule has 1 aliphatic rings. The van der Waals surface area contributed by atoms with E-state index in [1.54, 1.807) is 27.6 Å². The second kappa shape index (κ2) is 6.38. The second-order valence-corrected chi connectivity index (χ2v) is 7.94. The third kappa shape index (κ3) is 3.17. The Morgan fingerprint density at radius 2 is 2.27 bits per heavy atom. The van der Waals surface area contributed by atoms with E-state index in [9.17, 15) is 4.79 Å². The molecule has 0 saturated heterocycles. The van der Waals surface area contributed by atoms with Crippen molar-refractivity contribution in [1.29, 1.82) is 0 Å². The molecule has 1 aliphatic carbocycles. The van der Waals surface area contributed by atoms with Crippen LogP contribution >= 0.6 is 22.7 Å². The Balaban J connectivity index is 1.66. The summed E-state index contributed by atoms with van der Waals surface area (Å²) in [6, 6.07) is -0.0411. The fourth-order valence-electron chi connectivity index (χ4n) is 2.92. The summed E-state index contributed by atoms with van der Waals surface area (Å²) >= 11 is 3.41. The van der Waals surface area contributed by atoms with Gasteiger partial charge in [-0.3, -0.25) is 0 Å². The first-order chi connectivity index (χ1) is 10.5. The number of nitrogens with zero attached hydrogens (tertiary/aromatic N) is 2. The van der Waals surface area contributed by atoms with Crippen molar-refractivity contribution in [3.63, 3.8) is 0 Å². The number of urea groups is 1. The minimum Gasteiger partial charge on any atom is -0.327 e. The van der Waals surface area contributed by atoms with Gasteiger partial charge in [0.15, 0.2) is 0 Å². The van der Waals surface area contributed by atoms with Crippen LogP contribution in [0, 0.1) is 13.8 Å². The first-order valence-corrected chi connectivity index (χ1v) is 9.31. The van der Waals surface area contributed by atoms with Crippen LogP contribution in [0.4, 0.5) is 10.5 Å². The van der Waals surface area contributed by atoms with Gasteiger partial charge < -0.3 is 10.2 Å². The van der Waals surface area contributed by atoms with Crippen LogP contribution in [-0.2, 0) is 6.42 Å². The van der Waals surface area contributed by atoms with Crippen LogP contribution in [0.1, 0.15) is 39.9 Å². The number of anilines is 1. The SMILES string of the molecule is Cc1nc2c(s1)CCC[C@@H]2CN(C)C(=O)Nc1cscc1C. The number of likely N-dealkylation sites (N-methyl/N-ethyl adjacent to an activating group) is 1. The Hall–Kier alpha value is -1.40. The van der Waals surface area contributed by atoms with E-state index in [1.165, 1.54) is 17.0 Å². The van der Waals surface area contributed by atoms with Crippen molar-refractivity contribution in [3.8, 4) is 0 Å². The van der Waals surface area contributed by atoms with Crippen LogP contribution in [0.25, 0.3) is 0 Å². The summed E-state index contributed by atoms with van der Waals surface area (Å²) in [5.41, 5.74) is 3.25. The zero-order valence-corrected chi connectivity index (χ0v) is 14.8. The number of rotatable bonds is 3. The molecule has 2 heterocycles. The van der Waals surface area contributed by atoms with Gasteiger partial charge >= 0.3 is 6.03 Å². The third-order valence-electron chi connectivity index (χ3n) is 4.12. The summed E-state index contributed by atoms with van der Waals surface area (Å²) in [5, 5.41) is 8.14. The zero-order valence-electron chi connectivity index (χ0n) is 13.2. The number of hydrogen-bond donors (Lipinski definition) is 1. The number of nitrogens with one attached hydrogen (secondary N) is 1. The molecule has 0 saturated carbocycles. The van der Waals surface area contributed by atoms with Gasteiger partial charge in [-0.15, -0.1) is 22.7 Å². The summed E-state index contributed by atoms with van der Waals surface area (Å²) < 4.78 is 0. The highest BCUT2D eigenvalue weighted by atomic mass is 32.1. The lowest BCUT2D eigenvalue weighted by molar-refractivity contribution is 0.217. The Morgan fingerprint density at radius 3 is 3.00 bits per heavy atom. The average molecular weight is 335 g/mol. The van der Waals surface area contributed by atoms with Crippen LogP contribution in [0.15, 0.2) is 10.8 Å². The molecule has 118 valence electrons. The van der Waals surface area contributed by atoms with E-state index in [1.807, 2.05) is 24.7 Å². The lowest BCUT2D eigenvalue weighted by Crippen LogP contribution is -2.35. The molecular formula is C16H21N3OS2. The number of thiazole rings is 1. The van der Waals surface area contributed by atoms with Crippen molar-refractivity contribution in [1.82, 2.24) is 9.88 Å². The van der Waals surface area contributed by atoms with Gasteiger partial charge in [0.2, 0.25) is 0 Å². The fourth-order valence-corrected chi connectivity index (χ4v) is 4.76. The average Bonchev–Trinajstić information content (AvgIpc) is 3.05. The number of aromatic nitrogens is 1. The van der Waals surface area contributed by atoms with Gasteiger partial charge in [0.25, 0.3) is 0 Å². The van der Waals surface area contributed by atoms with Gasteiger partial charge in [-0.25, -0.2) is 9.78 Å². The van der Waals surface area contributed by atoms with Crippen molar-refractivity contribution in [2.24, 2.45) is 0 Å². The molecule has 0 aromatic carbocycles. The van der Waals surface area contributed by atoms with Crippen LogP contribution in [0.3, 0.4) is 0 Å². The van der Waals surface area contributed by atoms with E-state index < -0.39 is 0 Å². The zero-order chi connectivity index (χ0) is 15.7. The van der Waals surface area contributed by atoms with Crippen LogP contribution < -0.4 is 5.32 Å². The van der Waals surface area contributed by atoms with Crippen molar-refractivity contribution < 1.29 is 4.79 Å². The van der Waals surface area contributed by atoms with E-state index in [0.717, 1.165) is 35.6 Å². The minimum atomic E-state index is -0.0411. The molecule has 0 spiro atoms. The lowest BCUT2D eigenvalue weighted by Gasteiger charge is -2.26. The van der Waals surface area contributed by atoms with Gasteiger partial charge in [-0.1, -0.05) is 0 Å². The number of hydrogen-bond acceptors (Lipinski definition) is 4. The number of fused-ring (bicyclic) bond motifs is 1. The molecule has 1 atom stereocenters. The highest BCUT2D eigenvalue weighted by Crippen LogP contribution is 2.35. The summed E-state index contributed by atoms with van der Waals surface area (Å²) in [6.45, 7) is 4.80. The van der Waals surface area contributed by atoms with Gasteiger partial charge in [0.1, 0.15) is 0 Å². The number of carbonyl (C=O) groups is 1. The van der Waals surface area contributed by atoms with E-state index in [2.05, 4.69) is 12.2 Å². The second-order valence-electron chi connectivity index (χ2n) is 5.91. The smallest absolute Gasteiger partial charge is 0.321 e. The maximum Gasteiger partial charge on any atom is 0.321 e. The molecular weight excluding hydrogens is 314 g/mol. The molecule has 2 aromatic rings. The quantitative estimate of drug-likeness (QED) is 0.903. The Labute approximate surface area is 139 Å². The molecule has 0 fully saturated rings. The topological polar surface area (TPSA) is 45.2 Å². The van der Waals surface area contributed by atoms with Crippen LogP contribution in [0.5, 0.6) is 0 Å². The van der Waals surface area contributed by atoms with Crippen molar-refractivity contribution >= 4 is 34.4 Å². The van der Waals surface area contributed by atoms with Gasteiger partial charge in [0.05, 0.1) is 16.4 Å². The van der Waals surface area contributed by atoms with Crippen molar-refractivity contribution in [2.75, 3.05) is 18.9 Å². The Morgan fingerprint density at radius 1 is 1.45 bits per heavy atom. The van der Waals surface area contributed by atoms with Gasteiger partial charge in [-0.05, 0) is 44.1 Å². The van der Waals surface area contributed by atoms with Crippen molar-refractivity contribution in [2.45, 2.75) is 39.0 Å². The third-order valence-corrected chi connectivity index (χ3v) is 6.02. The standard InChI is InChI=1S/C16H21N3OS2/c1-10-8-21-9-13(10)18-16(20)19(3)7-12-5-4-6-14-15(12)17-11(2)22-14/h8-9,12H,4-7H2,1-3H3,(H,18,20)/t12-/m1/s1. The molecule has 6 heteroatoms. The Bertz CT molecular complexity index is 677. The van der Waals surface area contributed by atoms with Crippen LogP contribution in [0.2, 0.25) is 0 Å². The summed E-state index contributed by atoms with van der Waals surface area (Å²) in [5.74, 6) is 0.369. The van der Waals surface area contributed by atoms with E-state index in [4.69, 9.17) is 4.98 Å². The molecule has 2 aromatic heterocycles. The predicted molar refractivity (Wildman–Crippen MR) is 93.2 cm³/mol. The number of thiophene rings is 1. The molecule has 0 bridgehead atoms. The first-order valence-electron chi connectivity index (χ1n) is 7.55. The monoisotopic (exact) mass is 335 g/mol. The van der Waals surface area contributed by atoms with E-state index >= 15 is 0 Å². The summed E-state index contributed by atoms with van der Waals surface area (Å²) in [4.78, 5) is 20.2. The number of aryl methyl sites for hydroxylation is 3. The first kappa shape index (κ1) is 15.5. The highest BCUT2D eigenvalue weighted by Gasteiger charge is 2.26. The van der Waals surface area contributed by atoms with E-state index in [-0.39, 0.29) is 6.03 Å². The normalized spacial score (nSPS) is 17.1. The molecule has 0 radical (unpaired) electrons. The number of amides is 2. The molecule has 2 amide bonds.